The van der Waals surface area contributed by atoms with Crippen molar-refractivity contribution in [1.29, 1.82) is 0 Å². The predicted octanol–water partition coefficient (Wildman–Crippen LogP) is 1.48. The molecule has 0 saturated heterocycles. The highest BCUT2D eigenvalue weighted by Crippen LogP contribution is 1.89. The number of carbonyl (C=O) groups is 1. The molecule has 58 valence electrons. The molecule has 0 spiro atoms. The van der Waals surface area contributed by atoms with E-state index in [1.165, 1.54) is 0 Å². The molecule has 10 heavy (non-hydrogen) atoms. The van der Waals surface area contributed by atoms with Gasteiger partial charge in [0.25, 0.3) is 0 Å². The van der Waals surface area contributed by atoms with Crippen LogP contribution in [0.4, 0.5) is 0 Å². The van der Waals surface area contributed by atoms with E-state index in [0.717, 1.165) is 12.2 Å². The standard InChI is InChI=1S/C8H15NO/c1-4-8(10)6-7(3)9-5-2/h6,9H,4-5H2,1-3H3. The van der Waals surface area contributed by atoms with Crippen LogP contribution in [0.1, 0.15) is 27.2 Å². The topological polar surface area (TPSA) is 29.1 Å². The molecule has 0 aliphatic carbocycles. The van der Waals surface area contributed by atoms with Crippen LogP contribution < -0.4 is 5.32 Å². The zero-order chi connectivity index (χ0) is 7.98. The third kappa shape index (κ3) is 4.13. The smallest absolute Gasteiger partial charge is 0.157 e. The van der Waals surface area contributed by atoms with Crippen LogP contribution in [0.3, 0.4) is 0 Å². The Kier molecular flexibility index (Phi) is 4.63. The molecule has 0 rings (SSSR count). The Balaban J connectivity index is 3.77. The largest absolute Gasteiger partial charge is 0.389 e. The van der Waals surface area contributed by atoms with Gasteiger partial charge in [0.2, 0.25) is 0 Å². The highest BCUT2D eigenvalue weighted by molar-refractivity contribution is 5.89. The van der Waals surface area contributed by atoms with Crippen molar-refractivity contribution in [3.8, 4) is 0 Å². The molecule has 0 unspecified atom stereocenters. The highest BCUT2D eigenvalue weighted by atomic mass is 16.1. The van der Waals surface area contributed by atoms with Gasteiger partial charge in [0, 0.05) is 18.7 Å². The Labute approximate surface area is 62.3 Å². The van der Waals surface area contributed by atoms with Crippen LogP contribution in [0.5, 0.6) is 0 Å². The molecule has 0 aromatic carbocycles. The first-order chi connectivity index (χ1) is 4.70. The summed E-state index contributed by atoms with van der Waals surface area (Å²) in [4.78, 5) is 10.8. The third-order valence-corrected chi connectivity index (χ3v) is 1.18. The quantitative estimate of drug-likeness (QED) is 0.601. The Bertz CT molecular complexity index is 138. The van der Waals surface area contributed by atoms with E-state index in [9.17, 15) is 4.79 Å². The van der Waals surface area contributed by atoms with Crippen LogP contribution in [-0.4, -0.2) is 12.3 Å². The van der Waals surface area contributed by atoms with Crippen LogP contribution >= 0.6 is 0 Å². The first kappa shape index (κ1) is 9.21. The number of nitrogens with one attached hydrogen (secondary N) is 1. The zero-order valence-electron chi connectivity index (χ0n) is 6.90. The third-order valence-electron chi connectivity index (χ3n) is 1.18. The van der Waals surface area contributed by atoms with Gasteiger partial charge in [-0.2, -0.15) is 0 Å². The van der Waals surface area contributed by atoms with Crippen LogP contribution in [0, 0.1) is 0 Å². The molecule has 0 aromatic rings. The second kappa shape index (κ2) is 5.03. The summed E-state index contributed by atoms with van der Waals surface area (Å²) in [6.45, 7) is 6.64. The lowest BCUT2D eigenvalue weighted by Gasteiger charge is -1.99. The number of ketones is 1. The van der Waals surface area contributed by atoms with E-state index in [0.29, 0.717) is 6.42 Å². The van der Waals surface area contributed by atoms with E-state index in [2.05, 4.69) is 5.32 Å². The molecule has 0 bridgehead atoms. The van der Waals surface area contributed by atoms with Gasteiger partial charge in [-0.3, -0.25) is 4.79 Å². The maximum atomic E-state index is 10.8. The van der Waals surface area contributed by atoms with Gasteiger partial charge in [0.05, 0.1) is 0 Å². The molecule has 0 amide bonds. The Morgan fingerprint density at radius 2 is 2.10 bits per heavy atom. The molecule has 2 heteroatoms. The molecule has 0 saturated carbocycles. The second-order valence-electron chi connectivity index (χ2n) is 2.18. The summed E-state index contributed by atoms with van der Waals surface area (Å²) >= 11 is 0. The number of rotatable bonds is 4. The Morgan fingerprint density at radius 3 is 2.50 bits per heavy atom. The van der Waals surface area contributed by atoms with Crippen molar-refractivity contribution in [2.45, 2.75) is 27.2 Å². The number of hydrogen-bond acceptors (Lipinski definition) is 2. The molecule has 0 aliphatic heterocycles. The summed E-state index contributed by atoms with van der Waals surface area (Å²) in [7, 11) is 0. The van der Waals surface area contributed by atoms with E-state index < -0.39 is 0 Å². The molecular formula is C8H15NO. The van der Waals surface area contributed by atoms with Gasteiger partial charge in [0.15, 0.2) is 5.78 Å². The minimum Gasteiger partial charge on any atom is -0.389 e. The fourth-order valence-electron chi connectivity index (χ4n) is 0.673. The summed E-state index contributed by atoms with van der Waals surface area (Å²) in [6.07, 6.45) is 2.23. The molecule has 0 aliphatic rings. The van der Waals surface area contributed by atoms with Crippen LogP contribution in [0.25, 0.3) is 0 Å². The Hall–Kier alpha value is -0.790. The van der Waals surface area contributed by atoms with Gasteiger partial charge in [-0.1, -0.05) is 6.92 Å². The molecule has 2 nitrogen and oxygen atoms in total. The van der Waals surface area contributed by atoms with E-state index in [-0.39, 0.29) is 5.78 Å². The normalized spacial score (nSPS) is 11.3. The van der Waals surface area contributed by atoms with Crippen molar-refractivity contribution in [3.63, 3.8) is 0 Å². The Morgan fingerprint density at radius 1 is 1.50 bits per heavy atom. The van der Waals surface area contributed by atoms with Gasteiger partial charge < -0.3 is 5.32 Å². The van der Waals surface area contributed by atoms with Crippen molar-refractivity contribution in [3.05, 3.63) is 11.8 Å². The summed E-state index contributed by atoms with van der Waals surface area (Å²) in [5.74, 6) is 0.179. The molecule has 0 aromatic heterocycles. The van der Waals surface area contributed by atoms with Crippen molar-refractivity contribution in [2.75, 3.05) is 6.54 Å². The lowest BCUT2D eigenvalue weighted by atomic mass is 10.2. The first-order valence-electron chi connectivity index (χ1n) is 3.65. The molecule has 0 heterocycles. The zero-order valence-corrected chi connectivity index (χ0v) is 6.90. The van der Waals surface area contributed by atoms with Crippen molar-refractivity contribution < 1.29 is 4.79 Å². The number of carbonyl (C=O) groups excluding carboxylic acids is 1. The number of hydrogen-bond donors (Lipinski definition) is 1. The summed E-state index contributed by atoms with van der Waals surface area (Å²) in [6, 6.07) is 0. The lowest BCUT2D eigenvalue weighted by molar-refractivity contribution is -0.114. The van der Waals surface area contributed by atoms with Gasteiger partial charge in [-0.15, -0.1) is 0 Å². The molecule has 0 fully saturated rings. The molecule has 0 radical (unpaired) electrons. The lowest BCUT2D eigenvalue weighted by Crippen LogP contribution is -2.10. The average molecular weight is 141 g/mol. The highest BCUT2D eigenvalue weighted by Gasteiger charge is 1.91. The SMILES string of the molecule is CCNC(C)=CC(=O)CC. The maximum Gasteiger partial charge on any atom is 0.157 e. The molecule has 1 N–H and O–H groups in total. The average Bonchev–Trinajstić information content (AvgIpc) is 1.88. The van der Waals surface area contributed by atoms with Gasteiger partial charge in [-0.05, 0) is 19.9 Å². The van der Waals surface area contributed by atoms with Crippen molar-refractivity contribution in [2.24, 2.45) is 0 Å². The van der Waals surface area contributed by atoms with E-state index in [4.69, 9.17) is 0 Å². The van der Waals surface area contributed by atoms with Gasteiger partial charge in [-0.25, -0.2) is 0 Å². The number of allylic oxidation sites excluding steroid dienone is 2. The van der Waals surface area contributed by atoms with E-state index >= 15 is 0 Å². The summed E-state index contributed by atoms with van der Waals surface area (Å²) in [5.41, 5.74) is 0.953. The maximum absolute atomic E-state index is 10.8. The van der Waals surface area contributed by atoms with Crippen LogP contribution in [0.15, 0.2) is 11.8 Å². The minimum absolute atomic E-state index is 0.179. The van der Waals surface area contributed by atoms with Gasteiger partial charge >= 0.3 is 0 Å². The van der Waals surface area contributed by atoms with Crippen LogP contribution in [-0.2, 0) is 4.79 Å². The van der Waals surface area contributed by atoms with E-state index in [1.54, 1.807) is 6.08 Å². The fraction of sp³-hybridized carbons (Fsp3) is 0.625. The van der Waals surface area contributed by atoms with Gasteiger partial charge in [0.1, 0.15) is 0 Å². The first-order valence-corrected chi connectivity index (χ1v) is 3.65. The fourth-order valence-corrected chi connectivity index (χ4v) is 0.673. The summed E-state index contributed by atoms with van der Waals surface area (Å²) < 4.78 is 0. The monoisotopic (exact) mass is 141 g/mol. The predicted molar refractivity (Wildman–Crippen MR) is 42.7 cm³/mol. The van der Waals surface area contributed by atoms with E-state index in [1.807, 2.05) is 20.8 Å². The summed E-state index contributed by atoms with van der Waals surface area (Å²) in [5, 5.41) is 3.05. The van der Waals surface area contributed by atoms with Crippen molar-refractivity contribution >= 4 is 5.78 Å². The van der Waals surface area contributed by atoms with Crippen LogP contribution in [0.2, 0.25) is 0 Å². The second-order valence-corrected chi connectivity index (χ2v) is 2.18. The molecular weight excluding hydrogens is 126 g/mol. The van der Waals surface area contributed by atoms with Crippen molar-refractivity contribution in [1.82, 2.24) is 5.32 Å². The molecule has 0 atom stereocenters. The minimum atomic E-state index is 0.179.